The van der Waals surface area contributed by atoms with Crippen LogP contribution in [0.1, 0.15) is 27.7 Å². The van der Waals surface area contributed by atoms with Crippen LogP contribution in [0.2, 0.25) is 0 Å². The third-order valence-corrected chi connectivity index (χ3v) is 0.655. The Morgan fingerprint density at radius 2 is 1.20 bits per heavy atom. The highest BCUT2D eigenvalue weighted by Gasteiger charge is 1.98. The maximum atomic E-state index is 5.01. The van der Waals surface area contributed by atoms with Crippen molar-refractivity contribution in [3.05, 3.63) is 0 Å². The fourth-order valence-corrected chi connectivity index (χ4v) is 0.254. The van der Waals surface area contributed by atoms with Crippen LogP contribution in [0.4, 0.5) is 0 Å². The minimum Gasteiger partial charge on any atom is -0.411 e. The first-order valence-electron chi connectivity index (χ1n) is 3.25. The Hall–Kier alpha value is 0.275. The number of hydrogen-bond donors (Lipinski definition) is 0. The van der Waals surface area contributed by atoms with Crippen molar-refractivity contribution >= 4 is 20.1 Å². The van der Waals surface area contributed by atoms with Gasteiger partial charge >= 0.3 is 7.69 Å². The lowest BCUT2D eigenvalue weighted by atomic mass is 10.3. The summed E-state index contributed by atoms with van der Waals surface area (Å²) in [5.41, 5.74) is 0. The molecule has 0 aliphatic carbocycles. The van der Waals surface area contributed by atoms with E-state index in [9.17, 15) is 0 Å². The molecule has 1 radical (unpaired) electrons. The quantitative estimate of drug-likeness (QED) is 0.592. The molecule has 0 rings (SSSR count). The van der Waals surface area contributed by atoms with E-state index in [2.05, 4.69) is 0 Å². The van der Waals surface area contributed by atoms with Gasteiger partial charge in [0.25, 0.3) is 0 Å². The first kappa shape index (κ1) is 12.9. The molecule has 2 nitrogen and oxygen atoms in total. The normalized spacial score (nSPS) is 9.80. The molecule has 0 amide bonds. The highest BCUT2D eigenvalue weighted by Crippen LogP contribution is 1.89. The van der Waals surface area contributed by atoms with E-state index in [4.69, 9.17) is 9.31 Å². The van der Waals surface area contributed by atoms with Crippen LogP contribution in [0.15, 0.2) is 0 Å². The van der Waals surface area contributed by atoms with Crippen LogP contribution in [0.3, 0.4) is 0 Å². The molecular formula is C6H15BClO2. The molecule has 0 aromatic heterocycles. The lowest BCUT2D eigenvalue weighted by molar-refractivity contribution is 0.152. The Labute approximate surface area is 70.0 Å². The molecule has 0 saturated carbocycles. The second-order valence-corrected chi connectivity index (χ2v) is 2.47. The van der Waals surface area contributed by atoms with Crippen LogP contribution >= 0.6 is 12.4 Å². The zero-order valence-electron chi connectivity index (χ0n) is 6.96. The smallest absolute Gasteiger partial charge is 0.411 e. The third-order valence-electron chi connectivity index (χ3n) is 0.655. The van der Waals surface area contributed by atoms with Crippen molar-refractivity contribution in [2.75, 3.05) is 0 Å². The van der Waals surface area contributed by atoms with Gasteiger partial charge in [0.2, 0.25) is 0 Å². The first-order valence-corrected chi connectivity index (χ1v) is 3.25. The Balaban J connectivity index is 0. The second-order valence-electron chi connectivity index (χ2n) is 2.47. The maximum Gasteiger partial charge on any atom is 0.488 e. The predicted molar refractivity (Wildman–Crippen MR) is 45.4 cm³/mol. The van der Waals surface area contributed by atoms with Crippen molar-refractivity contribution in [1.82, 2.24) is 0 Å². The van der Waals surface area contributed by atoms with Crippen molar-refractivity contribution < 1.29 is 9.31 Å². The molecule has 0 fully saturated rings. The topological polar surface area (TPSA) is 18.5 Å². The average molecular weight is 165 g/mol. The highest BCUT2D eigenvalue weighted by atomic mass is 35.5. The van der Waals surface area contributed by atoms with Gasteiger partial charge in [-0.3, -0.25) is 0 Å². The average Bonchev–Trinajstić information content (AvgIpc) is 1.63. The van der Waals surface area contributed by atoms with Crippen molar-refractivity contribution in [3.8, 4) is 0 Å². The zero-order valence-corrected chi connectivity index (χ0v) is 7.77. The molecule has 0 aliphatic heterocycles. The fraction of sp³-hybridized carbons (Fsp3) is 1.00. The molecule has 0 atom stereocenters. The van der Waals surface area contributed by atoms with Gasteiger partial charge in [-0.1, -0.05) is 0 Å². The highest BCUT2D eigenvalue weighted by molar-refractivity contribution is 6.18. The van der Waals surface area contributed by atoms with Gasteiger partial charge < -0.3 is 9.31 Å². The molecule has 0 bridgehead atoms. The fourth-order valence-electron chi connectivity index (χ4n) is 0.254. The van der Waals surface area contributed by atoms with Gasteiger partial charge in [0.1, 0.15) is 0 Å². The largest absolute Gasteiger partial charge is 0.488 e. The molecule has 0 heterocycles. The molecule has 61 valence electrons. The van der Waals surface area contributed by atoms with Crippen LogP contribution in [-0.2, 0) is 9.31 Å². The SMILES string of the molecule is CC(C)O[B]OC(C)C.Cl. The Morgan fingerprint density at radius 1 is 0.900 bits per heavy atom. The first-order chi connectivity index (χ1) is 4.13. The molecule has 0 aromatic rings. The number of halogens is 1. The van der Waals surface area contributed by atoms with Gasteiger partial charge in [-0.2, -0.15) is 0 Å². The van der Waals surface area contributed by atoms with Crippen LogP contribution in [-0.4, -0.2) is 19.9 Å². The summed E-state index contributed by atoms with van der Waals surface area (Å²) in [6, 6.07) is 0. The molecule has 0 unspecified atom stereocenters. The predicted octanol–water partition coefficient (Wildman–Crippen LogP) is 1.79. The molecule has 0 aliphatic rings. The summed E-state index contributed by atoms with van der Waals surface area (Å²) in [6.45, 7) is 7.83. The monoisotopic (exact) mass is 165 g/mol. The standard InChI is InChI=1S/C6H14BO2.ClH/c1-5(2)8-7-9-6(3)4;/h5-6H,1-4H3;1H. The van der Waals surface area contributed by atoms with Crippen molar-refractivity contribution in [3.63, 3.8) is 0 Å². The van der Waals surface area contributed by atoms with E-state index in [1.807, 2.05) is 27.7 Å². The Morgan fingerprint density at radius 3 is 1.40 bits per heavy atom. The number of rotatable bonds is 4. The third kappa shape index (κ3) is 11.1. The molecule has 0 spiro atoms. The van der Waals surface area contributed by atoms with Crippen LogP contribution < -0.4 is 0 Å². The lowest BCUT2D eigenvalue weighted by Gasteiger charge is -2.07. The van der Waals surface area contributed by atoms with E-state index in [0.717, 1.165) is 0 Å². The molecule has 0 N–H and O–H groups in total. The van der Waals surface area contributed by atoms with Crippen LogP contribution in [0.5, 0.6) is 0 Å². The molecular weight excluding hydrogens is 150 g/mol. The molecule has 10 heavy (non-hydrogen) atoms. The van der Waals surface area contributed by atoms with Gasteiger partial charge in [-0.05, 0) is 27.7 Å². The van der Waals surface area contributed by atoms with E-state index in [1.165, 1.54) is 7.69 Å². The van der Waals surface area contributed by atoms with Crippen molar-refractivity contribution in [2.45, 2.75) is 39.9 Å². The van der Waals surface area contributed by atoms with E-state index in [1.54, 1.807) is 0 Å². The van der Waals surface area contributed by atoms with Crippen molar-refractivity contribution in [2.24, 2.45) is 0 Å². The second kappa shape index (κ2) is 7.38. The molecule has 0 aromatic carbocycles. The van der Waals surface area contributed by atoms with E-state index < -0.39 is 0 Å². The molecule has 4 heteroatoms. The Kier molecular flexibility index (Phi) is 9.53. The van der Waals surface area contributed by atoms with Gasteiger partial charge in [-0.15, -0.1) is 12.4 Å². The summed E-state index contributed by atoms with van der Waals surface area (Å²) in [6.07, 6.45) is 0.424. The van der Waals surface area contributed by atoms with Gasteiger partial charge in [0.15, 0.2) is 0 Å². The Bertz CT molecular complexity index is 60.8. The summed E-state index contributed by atoms with van der Waals surface area (Å²) in [4.78, 5) is 0. The summed E-state index contributed by atoms with van der Waals surface area (Å²) < 4.78 is 10.0. The maximum absolute atomic E-state index is 5.01. The van der Waals surface area contributed by atoms with Crippen LogP contribution in [0.25, 0.3) is 0 Å². The molecule has 0 saturated heterocycles. The lowest BCUT2D eigenvalue weighted by Crippen LogP contribution is -2.14. The van der Waals surface area contributed by atoms with Crippen LogP contribution in [0, 0.1) is 0 Å². The summed E-state index contributed by atoms with van der Waals surface area (Å²) >= 11 is 0. The van der Waals surface area contributed by atoms with E-state index in [0.29, 0.717) is 0 Å². The summed E-state index contributed by atoms with van der Waals surface area (Å²) in [5.74, 6) is 0. The number of hydrogen-bond acceptors (Lipinski definition) is 2. The minimum absolute atomic E-state index is 0. The van der Waals surface area contributed by atoms with Gasteiger partial charge in [-0.25, -0.2) is 0 Å². The van der Waals surface area contributed by atoms with Crippen molar-refractivity contribution in [1.29, 1.82) is 0 Å². The summed E-state index contributed by atoms with van der Waals surface area (Å²) in [5, 5.41) is 0. The van der Waals surface area contributed by atoms with E-state index in [-0.39, 0.29) is 24.6 Å². The van der Waals surface area contributed by atoms with E-state index >= 15 is 0 Å². The van der Waals surface area contributed by atoms with Gasteiger partial charge in [0, 0.05) is 12.2 Å². The minimum atomic E-state index is 0. The zero-order chi connectivity index (χ0) is 7.28. The van der Waals surface area contributed by atoms with Gasteiger partial charge in [0.05, 0.1) is 0 Å². The summed E-state index contributed by atoms with van der Waals surface area (Å²) in [7, 11) is 1.40.